The van der Waals surface area contributed by atoms with Crippen LogP contribution in [0.2, 0.25) is 5.02 Å². The van der Waals surface area contributed by atoms with Crippen molar-refractivity contribution >= 4 is 28.9 Å². The minimum atomic E-state index is -0.275. The third-order valence-corrected chi connectivity index (χ3v) is 3.28. The van der Waals surface area contributed by atoms with Crippen molar-refractivity contribution in [3.05, 3.63) is 52.5 Å². The number of nitrogen functional groups attached to an aromatic ring is 1. The molecule has 3 N–H and O–H groups in total. The molecular weight excluding hydrogens is 288 g/mol. The van der Waals surface area contributed by atoms with Crippen LogP contribution in [0.3, 0.4) is 0 Å². The summed E-state index contributed by atoms with van der Waals surface area (Å²) in [5.74, 6) is 0.427. The van der Waals surface area contributed by atoms with Gasteiger partial charge in [0.25, 0.3) is 5.91 Å². The molecule has 21 heavy (non-hydrogen) atoms. The number of hydrogen-bond donors (Lipinski definition) is 2. The summed E-state index contributed by atoms with van der Waals surface area (Å²) in [7, 11) is 0. The minimum Gasteiger partial charge on any atom is -0.483 e. The first-order valence-corrected chi connectivity index (χ1v) is 6.88. The van der Waals surface area contributed by atoms with E-state index in [2.05, 4.69) is 5.32 Å². The first-order chi connectivity index (χ1) is 9.95. The summed E-state index contributed by atoms with van der Waals surface area (Å²) >= 11 is 6.00. The summed E-state index contributed by atoms with van der Waals surface area (Å²) < 4.78 is 5.54. The lowest BCUT2D eigenvalue weighted by Crippen LogP contribution is -2.20. The van der Waals surface area contributed by atoms with Gasteiger partial charge in [0, 0.05) is 5.69 Å². The van der Waals surface area contributed by atoms with Crippen LogP contribution >= 0.6 is 11.6 Å². The van der Waals surface area contributed by atoms with Gasteiger partial charge < -0.3 is 15.8 Å². The number of ether oxygens (including phenoxy) is 1. The molecule has 0 radical (unpaired) electrons. The minimum absolute atomic E-state index is 0.0784. The Morgan fingerprint density at radius 3 is 2.71 bits per heavy atom. The van der Waals surface area contributed by atoms with Gasteiger partial charge in [-0.2, -0.15) is 0 Å². The maximum Gasteiger partial charge on any atom is 0.262 e. The third kappa shape index (κ3) is 4.13. The van der Waals surface area contributed by atoms with Crippen molar-refractivity contribution in [2.75, 3.05) is 17.7 Å². The second-order valence-corrected chi connectivity index (χ2v) is 5.25. The zero-order valence-corrected chi connectivity index (χ0v) is 12.7. The molecule has 4 nitrogen and oxygen atoms in total. The fraction of sp³-hybridized carbons (Fsp3) is 0.188. The number of nitrogens with one attached hydrogen (secondary N) is 1. The monoisotopic (exact) mass is 304 g/mol. The van der Waals surface area contributed by atoms with Crippen LogP contribution in [0.15, 0.2) is 36.4 Å². The van der Waals surface area contributed by atoms with Crippen LogP contribution in [0.25, 0.3) is 0 Å². The van der Waals surface area contributed by atoms with Crippen molar-refractivity contribution in [2.24, 2.45) is 0 Å². The molecule has 0 aliphatic carbocycles. The number of carbonyl (C=O) groups excluding carboxylic acids is 1. The number of aryl methyl sites for hydroxylation is 2. The Balaban J connectivity index is 1.97. The highest BCUT2D eigenvalue weighted by atomic mass is 35.5. The summed E-state index contributed by atoms with van der Waals surface area (Å²) in [4.78, 5) is 11.9. The van der Waals surface area contributed by atoms with Gasteiger partial charge in [-0.25, -0.2) is 0 Å². The van der Waals surface area contributed by atoms with Gasteiger partial charge in [0.15, 0.2) is 6.61 Å². The zero-order valence-electron chi connectivity index (χ0n) is 11.9. The van der Waals surface area contributed by atoms with Gasteiger partial charge in [-0.1, -0.05) is 23.7 Å². The largest absolute Gasteiger partial charge is 0.483 e. The first kappa shape index (κ1) is 15.2. The van der Waals surface area contributed by atoms with E-state index in [9.17, 15) is 4.79 Å². The van der Waals surface area contributed by atoms with E-state index in [1.807, 2.05) is 32.0 Å². The van der Waals surface area contributed by atoms with Crippen LogP contribution in [-0.2, 0) is 4.79 Å². The summed E-state index contributed by atoms with van der Waals surface area (Å²) in [6, 6.07) is 10.8. The van der Waals surface area contributed by atoms with E-state index in [4.69, 9.17) is 22.1 Å². The van der Waals surface area contributed by atoms with Crippen LogP contribution in [0.1, 0.15) is 11.1 Å². The average molecular weight is 305 g/mol. The van der Waals surface area contributed by atoms with Gasteiger partial charge in [-0.05, 0) is 49.2 Å². The Morgan fingerprint density at radius 2 is 2.00 bits per heavy atom. The molecule has 2 aromatic rings. The quantitative estimate of drug-likeness (QED) is 0.849. The normalized spacial score (nSPS) is 10.2. The number of amides is 1. The molecule has 1 amide bonds. The van der Waals surface area contributed by atoms with E-state index >= 15 is 0 Å². The van der Waals surface area contributed by atoms with Crippen molar-refractivity contribution in [1.82, 2.24) is 0 Å². The molecule has 0 unspecified atom stereocenters. The topological polar surface area (TPSA) is 64.3 Å². The molecule has 0 aliphatic heterocycles. The molecule has 0 saturated carbocycles. The lowest BCUT2D eigenvalue weighted by molar-refractivity contribution is -0.118. The number of carbonyl (C=O) groups is 1. The van der Waals surface area contributed by atoms with Gasteiger partial charge in [0.2, 0.25) is 0 Å². The molecule has 2 rings (SSSR count). The SMILES string of the molecule is Cc1ccc(C)c(OCC(=O)Nc2ccc(N)cc2Cl)c1. The average Bonchev–Trinajstić information content (AvgIpc) is 2.43. The Bertz CT molecular complexity index is 671. The number of anilines is 2. The molecular formula is C16H17ClN2O2. The highest BCUT2D eigenvalue weighted by Gasteiger charge is 2.08. The predicted octanol–water partition coefficient (Wildman–Crippen LogP) is 3.56. The van der Waals surface area contributed by atoms with Gasteiger partial charge in [-0.3, -0.25) is 4.79 Å². The second kappa shape index (κ2) is 6.50. The molecule has 0 atom stereocenters. The van der Waals surface area contributed by atoms with Gasteiger partial charge in [-0.15, -0.1) is 0 Å². The van der Waals surface area contributed by atoms with Crippen molar-refractivity contribution in [2.45, 2.75) is 13.8 Å². The summed E-state index contributed by atoms with van der Waals surface area (Å²) in [5.41, 5.74) is 8.73. The van der Waals surface area contributed by atoms with E-state index in [1.54, 1.807) is 18.2 Å². The van der Waals surface area contributed by atoms with Crippen molar-refractivity contribution < 1.29 is 9.53 Å². The Kier molecular flexibility index (Phi) is 4.70. The number of benzene rings is 2. The Hall–Kier alpha value is -2.20. The van der Waals surface area contributed by atoms with E-state index < -0.39 is 0 Å². The molecule has 0 spiro atoms. The number of rotatable bonds is 4. The van der Waals surface area contributed by atoms with Gasteiger partial charge in [0.05, 0.1) is 10.7 Å². The summed E-state index contributed by atoms with van der Waals surface area (Å²) in [6.45, 7) is 3.83. The number of hydrogen-bond acceptors (Lipinski definition) is 3. The van der Waals surface area contributed by atoms with E-state index in [1.165, 1.54) is 0 Å². The molecule has 0 heterocycles. The van der Waals surface area contributed by atoms with Crippen molar-refractivity contribution in [3.8, 4) is 5.75 Å². The molecule has 5 heteroatoms. The maximum atomic E-state index is 11.9. The number of halogens is 1. The van der Waals surface area contributed by atoms with Crippen LogP contribution in [-0.4, -0.2) is 12.5 Å². The molecule has 110 valence electrons. The lowest BCUT2D eigenvalue weighted by Gasteiger charge is -2.11. The molecule has 0 aromatic heterocycles. The summed E-state index contributed by atoms with van der Waals surface area (Å²) in [6.07, 6.45) is 0. The molecule has 2 aromatic carbocycles. The predicted molar refractivity (Wildman–Crippen MR) is 85.9 cm³/mol. The highest BCUT2D eigenvalue weighted by Crippen LogP contribution is 2.24. The molecule has 0 aliphatic rings. The third-order valence-electron chi connectivity index (χ3n) is 2.97. The maximum absolute atomic E-state index is 11.9. The van der Waals surface area contributed by atoms with Crippen LogP contribution in [0, 0.1) is 13.8 Å². The second-order valence-electron chi connectivity index (χ2n) is 4.85. The lowest BCUT2D eigenvalue weighted by atomic mass is 10.1. The van der Waals surface area contributed by atoms with E-state index in [-0.39, 0.29) is 12.5 Å². The van der Waals surface area contributed by atoms with Crippen molar-refractivity contribution in [1.29, 1.82) is 0 Å². The van der Waals surface area contributed by atoms with Gasteiger partial charge in [0.1, 0.15) is 5.75 Å². The van der Waals surface area contributed by atoms with Crippen LogP contribution in [0.4, 0.5) is 11.4 Å². The Labute approximate surface area is 128 Å². The standard InChI is InChI=1S/C16H17ClN2O2/c1-10-3-4-11(2)15(7-10)21-9-16(20)19-14-6-5-12(18)8-13(14)17/h3-8H,9,18H2,1-2H3,(H,19,20). The highest BCUT2D eigenvalue weighted by molar-refractivity contribution is 6.34. The summed E-state index contributed by atoms with van der Waals surface area (Å²) in [5, 5.41) is 3.09. The molecule has 0 bridgehead atoms. The van der Waals surface area contributed by atoms with Crippen molar-refractivity contribution in [3.63, 3.8) is 0 Å². The first-order valence-electron chi connectivity index (χ1n) is 6.50. The van der Waals surface area contributed by atoms with E-state index in [0.29, 0.717) is 22.1 Å². The zero-order chi connectivity index (χ0) is 15.4. The molecule has 0 fully saturated rings. The van der Waals surface area contributed by atoms with Crippen LogP contribution in [0.5, 0.6) is 5.75 Å². The van der Waals surface area contributed by atoms with Crippen LogP contribution < -0.4 is 15.8 Å². The van der Waals surface area contributed by atoms with E-state index in [0.717, 1.165) is 11.1 Å². The smallest absolute Gasteiger partial charge is 0.262 e. The fourth-order valence-electron chi connectivity index (χ4n) is 1.83. The molecule has 0 saturated heterocycles. The number of nitrogens with two attached hydrogens (primary N) is 1. The van der Waals surface area contributed by atoms with Gasteiger partial charge >= 0.3 is 0 Å². The fourth-order valence-corrected chi connectivity index (χ4v) is 2.06. The Morgan fingerprint density at radius 1 is 1.24 bits per heavy atom.